The first kappa shape index (κ1) is 16.7. The fourth-order valence-electron chi connectivity index (χ4n) is 2.19. The van der Waals surface area contributed by atoms with E-state index in [0.29, 0.717) is 11.4 Å². The molecular weight excluding hydrogens is 335 g/mol. The number of rotatable bonds is 4. The minimum absolute atomic E-state index is 0.280. The second kappa shape index (κ2) is 6.42. The van der Waals surface area contributed by atoms with E-state index in [-0.39, 0.29) is 12.5 Å². The molecule has 9 heteroatoms. The highest BCUT2D eigenvalue weighted by atomic mass is 19.4. The van der Waals surface area contributed by atoms with Crippen molar-refractivity contribution in [3.8, 4) is 5.69 Å². The van der Waals surface area contributed by atoms with E-state index >= 15 is 0 Å². The minimum atomic E-state index is -4.47. The first-order chi connectivity index (χ1) is 11.8. The number of carbonyl (C=O) groups excluding carboxylic acids is 1. The van der Waals surface area contributed by atoms with Crippen LogP contribution < -0.4 is 5.32 Å². The number of alkyl halides is 3. The fraction of sp³-hybridized carbons (Fsp3) is 0.188. The second-order valence-corrected chi connectivity index (χ2v) is 5.42. The van der Waals surface area contributed by atoms with Gasteiger partial charge in [-0.1, -0.05) is 12.1 Å². The van der Waals surface area contributed by atoms with Crippen LogP contribution in [0.3, 0.4) is 0 Å². The van der Waals surface area contributed by atoms with Crippen molar-refractivity contribution in [1.82, 2.24) is 24.6 Å². The van der Waals surface area contributed by atoms with Crippen molar-refractivity contribution in [2.75, 3.05) is 0 Å². The van der Waals surface area contributed by atoms with Crippen LogP contribution >= 0.6 is 0 Å². The monoisotopic (exact) mass is 349 g/mol. The van der Waals surface area contributed by atoms with Gasteiger partial charge in [-0.2, -0.15) is 18.3 Å². The van der Waals surface area contributed by atoms with Gasteiger partial charge in [-0.15, -0.1) is 0 Å². The Balaban J connectivity index is 1.64. The molecule has 0 bridgehead atoms. The van der Waals surface area contributed by atoms with Gasteiger partial charge in [0.25, 0.3) is 5.91 Å². The number of aromatic nitrogens is 4. The van der Waals surface area contributed by atoms with Gasteiger partial charge in [0.15, 0.2) is 5.69 Å². The van der Waals surface area contributed by atoms with Crippen molar-refractivity contribution in [2.24, 2.45) is 7.05 Å². The summed E-state index contributed by atoms with van der Waals surface area (Å²) in [6.45, 7) is 0.280. The molecule has 2 heterocycles. The van der Waals surface area contributed by atoms with Gasteiger partial charge in [0.1, 0.15) is 5.69 Å². The van der Waals surface area contributed by atoms with Crippen LogP contribution in [0.4, 0.5) is 13.2 Å². The number of carbonyl (C=O) groups is 1. The smallest absolute Gasteiger partial charge is 0.347 e. The van der Waals surface area contributed by atoms with E-state index in [0.717, 1.165) is 16.3 Å². The van der Waals surface area contributed by atoms with Crippen LogP contribution in [0.5, 0.6) is 0 Å². The lowest BCUT2D eigenvalue weighted by molar-refractivity contribution is -0.141. The van der Waals surface area contributed by atoms with E-state index in [9.17, 15) is 18.0 Å². The third-order valence-corrected chi connectivity index (χ3v) is 3.47. The summed E-state index contributed by atoms with van der Waals surface area (Å²) >= 11 is 0. The summed E-state index contributed by atoms with van der Waals surface area (Å²) in [5.74, 6) is -0.299. The van der Waals surface area contributed by atoms with Crippen molar-refractivity contribution in [2.45, 2.75) is 12.7 Å². The molecule has 0 radical (unpaired) electrons. The molecule has 0 fully saturated rings. The Labute approximate surface area is 140 Å². The van der Waals surface area contributed by atoms with Gasteiger partial charge in [0.05, 0.1) is 12.0 Å². The highest BCUT2D eigenvalue weighted by Gasteiger charge is 2.33. The van der Waals surface area contributed by atoms with Crippen molar-refractivity contribution >= 4 is 5.91 Å². The quantitative estimate of drug-likeness (QED) is 0.787. The zero-order chi connectivity index (χ0) is 18.0. The Bertz CT molecular complexity index is 880. The number of amides is 1. The number of benzene rings is 1. The molecule has 0 unspecified atom stereocenters. The molecule has 25 heavy (non-hydrogen) atoms. The second-order valence-electron chi connectivity index (χ2n) is 5.42. The molecule has 130 valence electrons. The molecule has 6 nitrogen and oxygen atoms in total. The van der Waals surface area contributed by atoms with Gasteiger partial charge in [-0.05, 0) is 23.8 Å². The molecule has 2 aromatic heterocycles. The summed E-state index contributed by atoms with van der Waals surface area (Å²) in [4.78, 5) is 15.9. The molecule has 3 rings (SSSR count). The van der Waals surface area contributed by atoms with Crippen molar-refractivity contribution in [3.05, 3.63) is 66.0 Å². The lowest BCUT2D eigenvalue weighted by Crippen LogP contribution is -2.23. The van der Waals surface area contributed by atoms with Crippen LogP contribution in [-0.4, -0.2) is 25.2 Å². The number of hydrogen-bond donors (Lipinski definition) is 1. The molecule has 0 atom stereocenters. The number of hydrogen-bond acceptors (Lipinski definition) is 3. The van der Waals surface area contributed by atoms with Gasteiger partial charge in [-0.25, -0.2) is 9.67 Å². The number of imidazole rings is 1. The molecule has 1 aromatic carbocycles. The lowest BCUT2D eigenvalue weighted by Gasteiger charge is -2.06. The third-order valence-electron chi connectivity index (χ3n) is 3.47. The molecule has 0 aliphatic rings. The van der Waals surface area contributed by atoms with Crippen molar-refractivity contribution < 1.29 is 18.0 Å². The highest BCUT2D eigenvalue weighted by molar-refractivity contribution is 5.91. The van der Waals surface area contributed by atoms with Gasteiger partial charge in [0.2, 0.25) is 0 Å². The lowest BCUT2D eigenvalue weighted by atomic mass is 10.2. The Morgan fingerprint density at radius 1 is 1.20 bits per heavy atom. The van der Waals surface area contributed by atoms with Gasteiger partial charge < -0.3 is 9.88 Å². The summed E-state index contributed by atoms with van der Waals surface area (Å²) in [5, 5.41) is 6.23. The molecular formula is C16H14F3N5O. The van der Waals surface area contributed by atoms with Gasteiger partial charge in [0, 0.05) is 26.0 Å². The maximum atomic E-state index is 12.6. The summed E-state index contributed by atoms with van der Waals surface area (Å²) in [6.07, 6.45) is -0.0843. The molecule has 0 saturated carbocycles. The van der Waals surface area contributed by atoms with E-state index in [1.54, 1.807) is 42.1 Å². The van der Waals surface area contributed by atoms with Crippen LogP contribution in [0.25, 0.3) is 5.69 Å². The summed E-state index contributed by atoms with van der Waals surface area (Å²) in [5.41, 5.74) is 0.668. The molecule has 0 saturated heterocycles. The molecule has 0 aliphatic carbocycles. The van der Waals surface area contributed by atoms with Gasteiger partial charge >= 0.3 is 6.18 Å². The zero-order valence-electron chi connectivity index (χ0n) is 13.2. The first-order valence-electron chi connectivity index (χ1n) is 7.31. The number of aryl methyl sites for hydroxylation is 1. The summed E-state index contributed by atoms with van der Waals surface area (Å²) in [6, 6.07) is 7.61. The van der Waals surface area contributed by atoms with E-state index in [2.05, 4.69) is 15.4 Å². The predicted octanol–water partition coefficient (Wildman–Crippen LogP) is 2.55. The Hall–Kier alpha value is -3.10. The SMILES string of the molecule is Cn1cnc(C(=O)NCc2ccc(-n3ccc(C(F)(F)F)n3)cc2)c1. The first-order valence-corrected chi connectivity index (χ1v) is 7.31. The van der Waals surface area contributed by atoms with E-state index < -0.39 is 11.9 Å². The largest absolute Gasteiger partial charge is 0.435 e. The minimum Gasteiger partial charge on any atom is -0.347 e. The van der Waals surface area contributed by atoms with E-state index in [4.69, 9.17) is 0 Å². The summed E-state index contributed by atoms with van der Waals surface area (Å²) < 4.78 is 40.5. The van der Waals surface area contributed by atoms with E-state index in [1.165, 1.54) is 12.5 Å². The number of nitrogens with one attached hydrogen (secondary N) is 1. The molecule has 1 N–H and O–H groups in total. The fourth-order valence-corrected chi connectivity index (χ4v) is 2.19. The van der Waals surface area contributed by atoms with Crippen LogP contribution in [0, 0.1) is 0 Å². The average molecular weight is 349 g/mol. The van der Waals surface area contributed by atoms with E-state index in [1.807, 2.05) is 0 Å². The highest BCUT2D eigenvalue weighted by Crippen LogP contribution is 2.27. The topological polar surface area (TPSA) is 64.7 Å². The molecule has 0 aliphatic heterocycles. The standard InChI is InChI=1S/C16H14F3N5O/c1-23-9-13(21-10-23)15(25)20-8-11-2-4-12(5-3-11)24-7-6-14(22-24)16(17,18)19/h2-7,9-10H,8H2,1H3,(H,20,25). The normalized spacial score (nSPS) is 11.5. The predicted molar refractivity (Wildman–Crippen MR) is 82.9 cm³/mol. The summed E-state index contributed by atoms with van der Waals surface area (Å²) in [7, 11) is 1.77. The van der Waals surface area contributed by atoms with Crippen molar-refractivity contribution in [1.29, 1.82) is 0 Å². The maximum absolute atomic E-state index is 12.6. The van der Waals surface area contributed by atoms with Crippen LogP contribution in [0.2, 0.25) is 0 Å². The van der Waals surface area contributed by atoms with Crippen molar-refractivity contribution in [3.63, 3.8) is 0 Å². The van der Waals surface area contributed by atoms with Crippen LogP contribution in [0.15, 0.2) is 49.1 Å². The Morgan fingerprint density at radius 3 is 2.48 bits per heavy atom. The zero-order valence-corrected chi connectivity index (χ0v) is 13.2. The molecule has 0 spiro atoms. The third kappa shape index (κ3) is 3.87. The van der Waals surface area contributed by atoms with Crippen LogP contribution in [0.1, 0.15) is 21.7 Å². The number of nitrogens with zero attached hydrogens (tertiary/aromatic N) is 4. The average Bonchev–Trinajstić information content (AvgIpc) is 3.22. The molecule has 1 amide bonds. The number of halogens is 3. The Kier molecular flexibility index (Phi) is 4.30. The molecule has 3 aromatic rings. The maximum Gasteiger partial charge on any atom is 0.435 e. The van der Waals surface area contributed by atoms with Gasteiger partial charge in [-0.3, -0.25) is 4.79 Å². The Morgan fingerprint density at radius 2 is 1.92 bits per heavy atom. The van der Waals surface area contributed by atoms with Crippen LogP contribution in [-0.2, 0) is 19.8 Å².